The number of nitrogens with two attached hydrogens (primary N) is 1. The number of ether oxygens (including phenoxy) is 1. The average molecular weight is 330 g/mol. The molecule has 0 spiro atoms. The molecule has 2 aliphatic rings. The molecule has 4 rings (SSSR count). The van der Waals surface area contributed by atoms with Crippen LogP contribution in [-0.2, 0) is 22.4 Å². The molecule has 1 aromatic carbocycles. The monoisotopic (exact) mass is 330 g/mol. The van der Waals surface area contributed by atoms with Gasteiger partial charge in [0, 0.05) is 5.56 Å². The first-order valence-corrected chi connectivity index (χ1v) is 7.67. The number of amides is 2. The lowest BCUT2D eigenvalue weighted by Crippen LogP contribution is -2.33. The van der Waals surface area contributed by atoms with Gasteiger partial charge in [-0.1, -0.05) is 6.07 Å². The first kappa shape index (κ1) is 14.7. The number of halogens is 1. The van der Waals surface area contributed by atoms with E-state index in [4.69, 9.17) is 10.5 Å². The molecule has 1 fully saturated rings. The Morgan fingerprint density at radius 3 is 3.00 bits per heavy atom. The molecule has 2 aromatic rings. The minimum absolute atomic E-state index is 0.0841. The van der Waals surface area contributed by atoms with Crippen LogP contribution in [0.5, 0.6) is 0 Å². The number of primary amides is 1. The molecule has 1 aromatic heterocycles. The van der Waals surface area contributed by atoms with Crippen molar-refractivity contribution in [2.45, 2.75) is 25.4 Å². The Balaban J connectivity index is 1.77. The first-order chi connectivity index (χ1) is 11.6. The molecule has 7 nitrogen and oxygen atoms in total. The number of nitrogens with zero attached hydrogens (tertiary/aromatic N) is 2. The zero-order valence-electron chi connectivity index (χ0n) is 12.7. The van der Waals surface area contributed by atoms with E-state index in [1.807, 2.05) is 0 Å². The lowest BCUT2D eigenvalue weighted by molar-refractivity contribution is -0.124. The minimum atomic E-state index is -1.06. The second kappa shape index (κ2) is 5.33. The molecular formula is C16H15FN4O3. The maximum absolute atomic E-state index is 15.1. The van der Waals surface area contributed by atoms with E-state index in [9.17, 15) is 9.59 Å². The van der Waals surface area contributed by atoms with Gasteiger partial charge in [0.2, 0.25) is 0 Å². The Bertz CT molecular complexity index is 848. The third-order valence-corrected chi connectivity index (χ3v) is 4.50. The molecule has 3 N–H and O–H groups in total. The summed E-state index contributed by atoms with van der Waals surface area (Å²) < 4.78 is 20.0. The highest BCUT2D eigenvalue weighted by atomic mass is 19.1. The minimum Gasteiger partial charge on any atom is -0.434 e. The normalized spacial score (nSPS) is 19.5. The van der Waals surface area contributed by atoms with E-state index >= 15 is 4.39 Å². The summed E-state index contributed by atoms with van der Waals surface area (Å²) in [6.07, 6.45) is 2.08. The molecule has 1 saturated heterocycles. The number of hydrogen-bond donors (Lipinski definition) is 2. The fourth-order valence-corrected chi connectivity index (χ4v) is 3.29. The van der Waals surface area contributed by atoms with Crippen molar-refractivity contribution in [3.8, 4) is 11.3 Å². The van der Waals surface area contributed by atoms with Crippen LogP contribution in [0.2, 0.25) is 0 Å². The molecule has 8 heteroatoms. The molecule has 2 heterocycles. The van der Waals surface area contributed by atoms with Crippen LogP contribution in [0.15, 0.2) is 18.3 Å². The Morgan fingerprint density at radius 1 is 1.42 bits per heavy atom. The van der Waals surface area contributed by atoms with Crippen molar-refractivity contribution in [2.24, 2.45) is 5.73 Å². The van der Waals surface area contributed by atoms with Crippen LogP contribution in [0.1, 0.15) is 17.5 Å². The third kappa shape index (κ3) is 2.14. The number of carbonyl (C=O) groups is 2. The smallest absolute Gasteiger partial charge is 0.415 e. The lowest BCUT2D eigenvalue weighted by atomic mass is 10.0. The summed E-state index contributed by atoms with van der Waals surface area (Å²) in [5.41, 5.74) is 8.41. The lowest BCUT2D eigenvalue weighted by Gasteiger charge is -2.17. The number of nitrogens with one attached hydrogen (secondary N) is 1. The summed E-state index contributed by atoms with van der Waals surface area (Å²) in [6.45, 7) is -0.0841. The van der Waals surface area contributed by atoms with Crippen molar-refractivity contribution in [1.82, 2.24) is 10.2 Å². The van der Waals surface area contributed by atoms with Crippen LogP contribution in [0.25, 0.3) is 11.3 Å². The van der Waals surface area contributed by atoms with E-state index in [1.165, 1.54) is 6.07 Å². The van der Waals surface area contributed by atoms with E-state index in [0.717, 1.165) is 34.6 Å². The molecule has 0 saturated carbocycles. The molecule has 1 aliphatic carbocycles. The van der Waals surface area contributed by atoms with E-state index in [0.29, 0.717) is 12.0 Å². The molecule has 1 aliphatic heterocycles. The Morgan fingerprint density at radius 2 is 2.25 bits per heavy atom. The van der Waals surface area contributed by atoms with Gasteiger partial charge in [0.25, 0.3) is 5.91 Å². The summed E-state index contributed by atoms with van der Waals surface area (Å²) in [4.78, 5) is 24.3. The van der Waals surface area contributed by atoms with E-state index < -0.39 is 23.9 Å². The van der Waals surface area contributed by atoms with Crippen LogP contribution in [0, 0.1) is 5.82 Å². The van der Waals surface area contributed by atoms with Crippen molar-refractivity contribution in [3.05, 3.63) is 35.3 Å². The molecule has 2 amide bonds. The number of benzene rings is 1. The zero-order chi connectivity index (χ0) is 16.8. The van der Waals surface area contributed by atoms with Crippen LogP contribution in [0.3, 0.4) is 0 Å². The summed E-state index contributed by atoms with van der Waals surface area (Å²) >= 11 is 0. The van der Waals surface area contributed by atoms with Crippen LogP contribution < -0.4 is 10.6 Å². The van der Waals surface area contributed by atoms with E-state index in [-0.39, 0.29) is 12.2 Å². The average Bonchev–Trinajstić information content (AvgIpc) is 3.12. The summed E-state index contributed by atoms with van der Waals surface area (Å²) in [6, 6.07) is 3.29. The standard InChI is InChI=1S/C16H15FN4O3/c17-13-9-3-1-2-8-6-19-20-14(8)10(9)4-5-11(13)21-7-12(15(18)22)24-16(21)23/h4-6,12H,1-3,7H2,(H2,18,22)(H,19,20)/t12-/m1/s1. The van der Waals surface area contributed by atoms with Gasteiger partial charge in [-0.05, 0) is 36.5 Å². The number of aromatic nitrogens is 2. The number of aryl methyl sites for hydroxylation is 1. The molecule has 0 radical (unpaired) electrons. The van der Waals surface area contributed by atoms with Crippen molar-refractivity contribution in [2.75, 3.05) is 11.4 Å². The molecule has 0 bridgehead atoms. The van der Waals surface area contributed by atoms with Crippen LogP contribution in [0.4, 0.5) is 14.9 Å². The highest BCUT2D eigenvalue weighted by molar-refractivity contribution is 5.95. The van der Waals surface area contributed by atoms with Crippen molar-refractivity contribution < 1.29 is 18.7 Å². The van der Waals surface area contributed by atoms with E-state index in [1.54, 1.807) is 12.3 Å². The van der Waals surface area contributed by atoms with Gasteiger partial charge in [-0.3, -0.25) is 14.8 Å². The topological polar surface area (TPSA) is 101 Å². The summed E-state index contributed by atoms with van der Waals surface area (Å²) in [5, 5.41) is 6.95. The first-order valence-electron chi connectivity index (χ1n) is 7.67. The maximum atomic E-state index is 15.1. The third-order valence-electron chi connectivity index (χ3n) is 4.50. The maximum Gasteiger partial charge on any atom is 0.415 e. The molecular weight excluding hydrogens is 315 g/mol. The SMILES string of the molecule is NC(=O)[C@H]1CN(c2ccc3c(c2F)CCCc2cn[nH]c2-3)C(=O)O1. The van der Waals surface area contributed by atoms with Crippen molar-refractivity contribution >= 4 is 17.7 Å². The highest BCUT2D eigenvalue weighted by Gasteiger charge is 2.37. The number of cyclic esters (lactones) is 1. The highest BCUT2D eigenvalue weighted by Crippen LogP contribution is 2.37. The van der Waals surface area contributed by atoms with Gasteiger partial charge < -0.3 is 10.5 Å². The van der Waals surface area contributed by atoms with Gasteiger partial charge in [-0.25, -0.2) is 9.18 Å². The fourth-order valence-electron chi connectivity index (χ4n) is 3.29. The number of carbonyl (C=O) groups excluding carboxylic acids is 2. The number of anilines is 1. The Hall–Kier alpha value is -2.90. The second-order valence-corrected chi connectivity index (χ2v) is 5.93. The molecule has 0 unspecified atom stereocenters. The summed E-state index contributed by atoms with van der Waals surface area (Å²) in [7, 11) is 0. The zero-order valence-corrected chi connectivity index (χ0v) is 12.7. The number of rotatable bonds is 2. The molecule has 124 valence electrons. The molecule has 1 atom stereocenters. The largest absolute Gasteiger partial charge is 0.434 e. The van der Waals surface area contributed by atoms with Crippen LogP contribution >= 0.6 is 0 Å². The van der Waals surface area contributed by atoms with Crippen molar-refractivity contribution in [3.63, 3.8) is 0 Å². The van der Waals surface area contributed by atoms with Gasteiger partial charge in [-0.15, -0.1) is 0 Å². The number of fused-ring (bicyclic) bond motifs is 3. The molecule has 24 heavy (non-hydrogen) atoms. The summed E-state index contributed by atoms with van der Waals surface area (Å²) in [5.74, 6) is -1.22. The number of aromatic amines is 1. The van der Waals surface area contributed by atoms with Gasteiger partial charge in [0.05, 0.1) is 24.1 Å². The van der Waals surface area contributed by atoms with Crippen molar-refractivity contribution in [1.29, 1.82) is 0 Å². The number of hydrogen-bond acceptors (Lipinski definition) is 4. The number of H-pyrrole nitrogens is 1. The van der Waals surface area contributed by atoms with Gasteiger partial charge >= 0.3 is 6.09 Å². The van der Waals surface area contributed by atoms with E-state index in [2.05, 4.69) is 10.2 Å². The predicted molar refractivity (Wildman–Crippen MR) is 82.8 cm³/mol. The Kier molecular flexibility index (Phi) is 3.26. The predicted octanol–water partition coefficient (Wildman–Crippen LogP) is 1.52. The second-order valence-electron chi connectivity index (χ2n) is 5.93. The van der Waals surface area contributed by atoms with Crippen LogP contribution in [-0.4, -0.2) is 34.8 Å². The quantitative estimate of drug-likeness (QED) is 0.871. The van der Waals surface area contributed by atoms with Gasteiger partial charge in [0.1, 0.15) is 0 Å². The van der Waals surface area contributed by atoms with Gasteiger partial charge in [-0.2, -0.15) is 5.10 Å². The fraction of sp³-hybridized carbons (Fsp3) is 0.312. The Labute approximate surface area is 136 Å². The van der Waals surface area contributed by atoms with Gasteiger partial charge in [0.15, 0.2) is 11.9 Å².